The first-order chi connectivity index (χ1) is 13.4. The summed E-state index contributed by atoms with van der Waals surface area (Å²) in [5.74, 6) is 0.836. The Morgan fingerprint density at radius 2 is 1.19 bits per heavy atom. The van der Waals surface area contributed by atoms with Crippen LogP contribution in [-0.2, 0) is 0 Å². The van der Waals surface area contributed by atoms with E-state index in [1.54, 1.807) is 6.08 Å². The summed E-state index contributed by atoms with van der Waals surface area (Å²) >= 11 is 0. The number of benzene rings is 3. The number of hydrogen-bond acceptors (Lipinski definition) is 1. The molecule has 0 N–H and O–H groups in total. The van der Waals surface area contributed by atoms with Gasteiger partial charge in [-0.15, -0.1) is 0 Å². The third-order valence-corrected chi connectivity index (χ3v) is 4.48. The lowest BCUT2D eigenvalue weighted by molar-refractivity contribution is 0.362. The van der Waals surface area contributed by atoms with Crippen molar-refractivity contribution in [3.05, 3.63) is 110 Å². The first-order valence-corrected chi connectivity index (χ1v) is 9.04. The lowest BCUT2D eigenvalue weighted by Gasteiger charge is -2.18. The zero-order valence-corrected chi connectivity index (χ0v) is 15.1. The first kappa shape index (κ1) is 16.9. The van der Waals surface area contributed by atoms with Crippen molar-refractivity contribution in [3.63, 3.8) is 0 Å². The summed E-state index contributed by atoms with van der Waals surface area (Å²) in [6, 6.07) is 33.3. The van der Waals surface area contributed by atoms with Gasteiger partial charge in [0.2, 0.25) is 0 Å². The van der Waals surface area contributed by atoms with Gasteiger partial charge in [0.05, 0.1) is 17.1 Å². The molecular formula is C25H21NO. The van der Waals surface area contributed by atoms with Crippen LogP contribution >= 0.6 is 0 Å². The van der Waals surface area contributed by atoms with Gasteiger partial charge in [-0.1, -0.05) is 85.5 Å². The van der Waals surface area contributed by atoms with Gasteiger partial charge < -0.3 is 9.30 Å². The number of aromatic nitrogens is 1. The van der Waals surface area contributed by atoms with Crippen molar-refractivity contribution in [2.45, 2.75) is 0 Å². The van der Waals surface area contributed by atoms with Gasteiger partial charge in [0.1, 0.15) is 12.4 Å². The highest BCUT2D eigenvalue weighted by molar-refractivity contribution is 5.74. The molecule has 0 aliphatic heterocycles. The van der Waals surface area contributed by atoms with Crippen LogP contribution in [0.4, 0.5) is 0 Å². The molecule has 4 aromatic rings. The van der Waals surface area contributed by atoms with Crippen molar-refractivity contribution in [2.75, 3.05) is 6.61 Å². The lowest BCUT2D eigenvalue weighted by Crippen LogP contribution is -2.03. The zero-order chi connectivity index (χ0) is 18.5. The maximum atomic E-state index is 5.95. The second-order valence-corrected chi connectivity index (χ2v) is 6.24. The molecule has 0 saturated heterocycles. The predicted molar refractivity (Wildman–Crippen MR) is 112 cm³/mol. The highest BCUT2D eigenvalue weighted by Gasteiger charge is 2.16. The number of rotatable bonds is 6. The molecule has 1 aromatic heterocycles. The minimum atomic E-state index is 0.472. The van der Waals surface area contributed by atoms with Crippen LogP contribution in [0.5, 0.6) is 5.75 Å². The molecule has 0 unspecified atom stereocenters. The van der Waals surface area contributed by atoms with Crippen LogP contribution in [0.1, 0.15) is 0 Å². The first-order valence-electron chi connectivity index (χ1n) is 9.04. The van der Waals surface area contributed by atoms with E-state index in [9.17, 15) is 0 Å². The minimum absolute atomic E-state index is 0.472. The Bertz CT molecular complexity index is 975. The van der Waals surface area contributed by atoms with E-state index in [1.165, 1.54) is 11.1 Å². The van der Waals surface area contributed by atoms with Crippen molar-refractivity contribution in [2.24, 2.45) is 0 Å². The molecule has 2 nitrogen and oxygen atoms in total. The lowest BCUT2D eigenvalue weighted by atomic mass is 10.1. The molecule has 0 radical (unpaired) electrons. The number of para-hydroxylation sites is 2. The van der Waals surface area contributed by atoms with E-state index in [2.05, 4.69) is 77.9 Å². The fraction of sp³-hybridized carbons (Fsp3) is 0.0400. The molecule has 1 heterocycles. The molecule has 0 saturated carbocycles. The van der Waals surface area contributed by atoms with E-state index >= 15 is 0 Å². The van der Waals surface area contributed by atoms with Gasteiger partial charge in [0.15, 0.2) is 0 Å². The smallest absolute Gasteiger partial charge is 0.143 e. The normalized spacial score (nSPS) is 10.5. The predicted octanol–water partition coefficient (Wildman–Crippen LogP) is 6.38. The Balaban J connectivity index is 1.95. The van der Waals surface area contributed by atoms with Crippen LogP contribution in [0.15, 0.2) is 110 Å². The van der Waals surface area contributed by atoms with Gasteiger partial charge in [0.25, 0.3) is 0 Å². The van der Waals surface area contributed by atoms with Crippen LogP contribution < -0.4 is 4.74 Å². The van der Waals surface area contributed by atoms with Gasteiger partial charge in [-0.2, -0.15) is 0 Å². The maximum absolute atomic E-state index is 5.95. The molecule has 0 amide bonds. The summed E-state index contributed by atoms with van der Waals surface area (Å²) in [6.07, 6.45) is 1.77. The highest BCUT2D eigenvalue weighted by Crippen LogP contribution is 2.35. The molecule has 2 heteroatoms. The van der Waals surface area contributed by atoms with Crippen LogP contribution in [0, 0.1) is 0 Å². The summed E-state index contributed by atoms with van der Waals surface area (Å²) in [6.45, 7) is 4.24. The van der Waals surface area contributed by atoms with Crippen LogP contribution in [0.2, 0.25) is 0 Å². The van der Waals surface area contributed by atoms with E-state index < -0.39 is 0 Å². The van der Waals surface area contributed by atoms with Gasteiger partial charge in [-0.25, -0.2) is 0 Å². The summed E-state index contributed by atoms with van der Waals surface area (Å²) in [7, 11) is 0. The average molecular weight is 351 g/mol. The van der Waals surface area contributed by atoms with E-state index in [1.807, 2.05) is 30.3 Å². The molecule has 0 atom stereocenters. The summed E-state index contributed by atoms with van der Waals surface area (Å²) in [4.78, 5) is 0. The Morgan fingerprint density at radius 3 is 1.74 bits per heavy atom. The largest absolute Gasteiger partial charge is 0.487 e. The zero-order valence-electron chi connectivity index (χ0n) is 15.1. The van der Waals surface area contributed by atoms with Gasteiger partial charge in [-0.05, 0) is 35.4 Å². The number of hydrogen-bond donors (Lipinski definition) is 0. The quantitative estimate of drug-likeness (QED) is 0.368. The summed E-state index contributed by atoms with van der Waals surface area (Å²) in [5, 5.41) is 0. The number of ether oxygens (including phenoxy) is 1. The van der Waals surface area contributed by atoms with E-state index in [0.29, 0.717) is 6.61 Å². The Kier molecular flexibility index (Phi) is 4.88. The highest BCUT2D eigenvalue weighted by atomic mass is 16.5. The Hall–Kier alpha value is -3.52. The average Bonchev–Trinajstić information content (AvgIpc) is 3.18. The molecule has 4 rings (SSSR count). The third kappa shape index (κ3) is 3.42. The van der Waals surface area contributed by atoms with Crippen LogP contribution in [-0.4, -0.2) is 11.2 Å². The summed E-state index contributed by atoms with van der Waals surface area (Å²) < 4.78 is 8.22. The van der Waals surface area contributed by atoms with Gasteiger partial charge >= 0.3 is 0 Å². The second kappa shape index (κ2) is 7.79. The Labute approximate surface area is 160 Å². The van der Waals surface area contributed by atoms with Crippen molar-refractivity contribution < 1.29 is 4.74 Å². The monoisotopic (exact) mass is 351 g/mol. The third-order valence-electron chi connectivity index (χ3n) is 4.48. The minimum Gasteiger partial charge on any atom is -0.487 e. The van der Waals surface area contributed by atoms with Crippen molar-refractivity contribution >= 4 is 0 Å². The standard InChI is InChI=1S/C25H21NO/c1-2-19-27-25-16-10-9-15-24(25)26-22(20-11-5-3-6-12-20)17-18-23(26)21-13-7-4-8-14-21/h2-18H,1,19H2. The topological polar surface area (TPSA) is 14.2 Å². The molecule has 132 valence electrons. The molecule has 0 aliphatic carbocycles. The van der Waals surface area contributed by atoms with E-state index in [4.69, 9.17) is 4.74 Å². The van der Waals surface area contributed by atoms with E-state index in [0.717, 1.165) is 22.8 Å². The maximum Gasteiger partial charge on any atom is 0.143 e. The molecule has 0 bridgehead atoms. The molecule has 0 aliphatic rings. The molecular weight excluding hydrogens is 330 g/mol. The van der Waals surface area contributed by atoms with E-state index in [-0.39, 0.29) is 0 Å². The molecule has 0 spiro atoms. The fourth-order valence-corrected chi connectivity index (χ4v) is 3.28. The van der Waals surface area contributed by atoms with Gasteiger partial charge in [0, 0.05) is 0 Å². The van der Waals surface area contributed by atoms with Gasteiger partial charge in [-0.3, -0.25) is 0 Å². The molecule has 3 aromatic carbocycles. The molecule has 0 fully saturated rings. The van der Waals surface area contributed by atoms with Crippen molar-refractivity contribution in [1.82, 2.24) is 4.57 Å². The molecule has 27 heavy (non-hydrogen) atoms. The Morgan fingerprint density at radius 1 is 0.667 bits per heavy atom. The fourth-order valence-electron chi connectivity index (χ4n) is 3.28. The van der Waals surface area contributed by atoms with Crippen molar-refractivity contribution in [3.8, 4) is 34.0 Å². The summed E-state index contributed by atoms with van der Waals surface area (Å²) in [5.41, 5.74) is 5.60. The SMILES string of the molecule is C=CCOc1ccccc1-n1c(-c2ccccc2)ccc1-c1ccccc1. The number of nitrogens with zero attached hydrogens (tertiary/aromatic N) is 1. The van der Waals surface area contributed by atoms with Crippen LogP contribution in [0.3, 0.4) is 0 Å². The second-order valence-electron chi connectivity index (χ2n) is 6.24. The van der Waals surface area contributed by atoms with Crippen LogP contribution in [0.25, 0.3) is 28.2 Å². The van der Waals surface area contributed by atoms with Crippen molar-refractivity contribution in [1.29, 1.82) is 0 Å².